The molecule has 0 unspecified atom stereocenters. The fourth-order valence-electron chi connectivity index (χ4n) is 2.64. The molecule has 0 fully saturated rings. The Kier molecular flexibility index (Phi) is 5.28. The highest BCUT2D eigenvalue weighted by Gasteiger charge is 2.14. The maximum absolute atomic E-state index is 12.4. The standard InChI is InChI=1S/C19H21NO5/c1-22-14-4-5-15(17(12-14)23-2)19(21)20-8-7-13-3-6-16-18(11-13)25-10-9-24-16/h3-6,11-12H,7-10H2,1-2H3,(H,20,21). The number of rotatable bonds is 6. The zero-order valence-electron chi connectivity index (χ0n) is 14.3. The molecule has 0 bridgehead atoms. The molecule has 1 amide bonds. The van der Waals surface area contributed by atoms with Crippen LogP contribution in [0.5, 0.6) is 23.0 Å². The Morgan fingerprint density at radius 1 is 1.04 bits per heavy atom. The second kappa shape index (κ2) is 7.79. The van der Waals surface area contributed by atoms with Gasteiger partial charge in [0.2, 0.25) is 0 Å². The summed E-state index contributed by atoms with van der Waals surface area (Å²) in [5.41, 5.74) is 1.55. The molecule has 0 saturated heterocycles. The van der Waals surface area contributed by atoms with E-state index in [1.807, 2.05) is 18.2 Å². The van der Waals surface area contributed by atoms with Crippen LogP contribution in [0.25, 0.3) is 0 Å². The van der Waals surface area contributed by atoms with E-state index in [2.05, 4.69) is 5.32 Å². The number of hydrogen-bond donors (Lipinski definition) is 1. The summed E-state index contributed by atoms with van der Waals surface area (Å²) in [6.45, 7) is 1.64. The van der Waals surface area contributed by atoms with Gasteiger partial charge in [-0.3, -0.25) is 4.79 Å². The highest BCUT2D eigenvalue weighted by Crippen LogP contribution is 2.30. The van der Waals surface area contributed by atoms with Gasteiger partial charge < -0.3 is 24.3 Å². The van der Waals surface area contributed by atoms with E-state index >= 15 is 0 Å². The molecule has 25 heavy (non-hydrogen) atoms. The minimum Gasteiger partial charge on any atom is -0.497 e. The maximum Gasteiger partial charge on any atom is 0.255 e. The third kappa shape index (κ3) is 3.96. The first-order chi connectivity index (χ1) is 12.2. The first-order valence-corrected chi connectivity index (χ1v) is 8.10. The maximum atomic E-state index is 12.4. The van der Waals surface area contributed by atoms with Crippen LogP contribution >= 0.6 is 0 Å². The van der Waals surface area contributed by atoms with E-state index in [0.717, 1.165) is 17.1 Å². The predicted octanol–water partition coefficient (Wildman–Crippen LogP) is 2.45. The molecule has 132 valence electrons. The number of carbonyl (C=O) groups is 1. The van der Waals surface area contributed by atoms with Gasteiger partial charge in [0.25, 0.3) is 5.91 Å². The van der Waals surface area contributed by atoms with Crippen LogP contribution in [-0.2, 0) is 6.42 Å². The molecule has 1 aliphatic rings. The smallest absolute Gasteiger partial charge is 0.255 e. The lowest BCUT2D eigenvalue weighted by Crippen LogP contribution is -2.26. The Balaban J connectivity index is 1.59. The van der Waals surface area contributed by atoms with E-state index in [1.54, 1.807) is 25.3 Å². The van der Waals surface area contributed by atoms with Crippen LogP contribution in [0.4, 0.5) is 0 Å². The molecule has 0 spiro atoms. The lowest BCUT2D eigenvalue weighted by atomic mass is 10.1. The first-order valence-electron chi connectivity index (χ1n) is 8.10. The quantitative estimate of drug-likeness (QED) is 0.873. The largest absolute Gasteiger partial charge is 0.497 e. The summed E-state index contributed by atoms with van der Waals surface area (Å²) in [5, 5.41) is 2.91. The Bertz CT molecular complexity index is 759. The highest BCUT2D eigenvalue weighted by atomic mass is 16.6. The number of methoxy groups -OCH3 is 2. The van der Waals surface area contributed by atoms with Gasteiger partial charge in [0.1, 0.15) is 24.7 Å². The first kappa shape index (κ1) is 17.0. The van der Waals surface area contributed by atoms with E-state index in [-0.39, 0.29) is 5.91 Å². The molecule has 2 aromatic carbocycles. The van der Waals surface area contributed by atoms with Gasteiger partial charge in [0.15, 0.2) is 11.5 Å². The van der Waals surface area contributed by atoms with Gasteiger partial charge >= 0.3 is 0 Å². The number of nitrogens with one attached hydrogen (secondary N) is 1. The van der Waals surface area contributed by atoms with Gasteiger partial charge in [-0.15, -0.1) is 0 Å². The average molecular weight is 343 g/mol. The normalized spacial score (nSPS) is 12.4. The minimum atomic E-state index is -0.183. The summed E-state index contributed by atoms with van der Waals surface area (Å²) in [4.78, 5) is 12.4. The molecule has 6 heteroatoms. The van der Waals surface area contributed by atoms with Crippen molar-refractivity contribution in [2.24, 2.45) is 0 Å². The number of carbonyl (C=O) groups excluding carboxylic acids is 1. The Morgan fingerprint density at radius 3 is 2.60 bits per heavy atom. The lowest BCUT2D eigenvalue weighted by Gasteiger charge is -2.19. The molecule has 2 aromatic rings. The molecule has 3 rings (SSSR count). The molecule has 0 atom stereocenters. The zero-order chi connectivity index (χ0) is 17.6. The average Bonchev–Trinajstić information content (AvgIpc) is 2.67. The second-order valence-corrected chi connectivity index (χ2v) is 5.55. The molecule has 1 heterocycles. The molecule has 0 radical (unpaired) electrons. The SMILES string of the molecule is COc1ccc(C(=O)NCCc2ccc3c(c2)OCCO3)c(OC)c1. The summed E-state index contributed by atoms with van der Waals surface area (Å²) >= 11 is 0. The molecule has 1 N–H and O–H groups in total. The number of benzene rings is 2. The van der Waals surface area contributed by atoms with Crippen molar-refractivity contribution in [1.29, 1.82) is 0 Å². The van der Waals surface area contributed by atoms with E-state index in [9.17, 15) is 4.79 Å². The van der Waals surface area contributed by atoms with Gasteiger partial charge in [0.05, 0.1) is 19.8 Å². The zero-order valence-corrected chi connectivity index (χ0v) is 14.3. The van der Waals surface area contributed by atoms with Crippen molar-refractivity contribution in [1.82, 2.24) is 5.32 Å². The number of fused-ring (bicyclic) bond motifs is 1. The molecular formula is C19H21NO5. The third-order valence-electron chi connectivity index (χ3n) is 3.96. The van der Waals surface area contributed by atoms with Crippen molar-refractivity contribution in [2.45, 2.75) is 6.42 Å². The second-order valence-electron chi connectivity index (χ2n) is 5.55. The van der Waals surface area contributed by atoms with Gasteiger partial charge in [-0.05, 0) is 36.2 Å². The number of ether oxygens (including phenoxy) is 4. The fraction of sp³-hybridized carbons (Fsp3) is 0.316. The Hall–Kier alpha value is -2.89. The molecular weight excluding hydrogens is 322 g/mol. The highest BCUT2D eigenvalue weighted by molar-refractivity contribution is 5.97. The fourth-order valence-corrected chi connectivity index (χ4v) is 2.64. The van der Waals surface area contributed by atoms with Crippen LogP contribution in [0, 0.1) is 0 Å². The Morgan fingerprint density at radius 2 is 1.84 bits per heavy atom. The van der Waals surface area contributed by atoms with E-state index in [4.69, 9.17) is 18.9 Å². The summed E-state index contributed by atoms with van der Waals surface area (Å²) in [6.07, 6.45) is 0.695. The van der Waals surface area contributed by atoms with Crippen LogP contribution in [0.2, 0.25) is 0 Å². The monoisotopic (exact) mass is 343 g/mol. The van der Waals surface area contributed by atoms with Crippen LogP contribution in [0.3, 0.4) is 0 Å². The lowest BCUT2D eigenvalue weighted by molar-refractivity contribution is 0.0951. The van der Waals surface area contributed by atoms with E-state index < -0.39 is 0 Å². The summed E-state index contributed by atoms with van der Waals surface area (Å²) in [7, 11) is 3.10. The predicted molar refractivity (Wildman–Crippen MR) is 93.0 cm³/mol. The summed E-state index contributed by atoms with van der Waals surface area (Å²) in [5.74, 6) is 2.46. The van der Waals surface area contributed by atoms with Crippen molar-refractivity contribution < 1.29 is 23.7 Å². The molecule has 0 aromatic heterocycles. The van der Waals surface area contributed by atoms with Gasteiger partial charge in [-0.1, -0.05) is 6.07 Å². The topological polar surface area (TPSA) is 66.0 Å². The van der Waals surface area contributed by atoms with E-state index in [1.165, 1.54) is 7.11 Å². The molecule has 0 saturated carbocycles. The molecule has 1 aliphatic heterocycles. The molecule has 0 aliphatic carbocycles. The molecule has 6 nitrogen and oxygen atoms in total. The van der Waals surface area contributed by atoms with Crippen molar-refractivity contribution in [2.75, 3.05) is 34.0 Å². The summed E-state index contributed by atoms with van der Waals surface area (Å²) < 4.78 is 21.5. The number of hydrogen-bond acceptors (Lipinski definition) is 5. The van der Waals surface area contributed by atoms with Crippen LogP contribution in [0.1, 0.15) is 15.9 Å². The van der Waals surface area contributed by atoms with Gasteiger partial charge in [0, 0.05) is 12.6 Å². The van der Waals surface area contributed by atoms with Gasteiger partial charge in [-0.25, -0.2) is 0 Å². The number of amides is 1. The van der Waals surface area contributed by atoms with E-state index in [0.29, 0.717) is 43.2 Å². The van der Waals surface area contributed by atoms with Crippen LogP contribution in [0.15, 0.2) is 36.4 Å². The minimum absolute atomic E-state index is 0.183. The summed E-state index contributed by atoms with van der Waals surface area (Å²) in [6, 6.07) is 10.9. The van der Waals surface area contributed by atoms with Crippen LogP contribution < -0.4 is 24.3 Å². The van der Waals surface area contributed by atoms with Crippen molar-refractivity contribution in [3.8, 4) is 23.0 Å². The van der Waals surface area contributed by atoms with Crippen molar-refractivity contribution >= 4 is 5.91 Å². The van der Waals surface area contributed by atoms with Crippen LogP contribution in [-0.4, -0.2) is 39.9 Å². The van der Waals surface area contributed by atoms with Crippen molar-refractivity contribution in [3.63, 3.8) is 0 Å². The Labute approximate surface area is 146 Å². The van der Waals surface area contributed by atoms with Gasteiger partial charge in [-0.2, -0.15) is 0 Å². The third-order valence-corrected chi connectivity index (χ3v) is 3.96. The van der Waals surface area contributed by atoms with Crippen molar-refractivity contribution in [3.05, 3.63) is 47.5 Å².